The van der Waals surface area contributed by atoms with Gasteiger partial charge in [0.05, 0.1) is 5.92 Å². The topological polar surface area (TPSA) is 49.4 Å². The highest BCUT2D eigenvalue weighted by Crippen LogP contribution is 2.29. The Morgan fingerprint density at radius 1 is 1.17 bits per heavy atom. The van der Waals surface area contributed by atoms with Crippen LogP contribution in [0.2, 0.25) is 5.02 Å². The van der Waals surface area contributed by atoms with Crippen LogP contribution in [0.5, 0.6) is 0 Å². The van der Waals surface area contributed by atoms with Crippen LogP contribution in [-0.4, -0.2) is 18.4 Å². The highest BCUT2D eigenvalue weighted by Gasteiger charge is 2.35. The number of hydrogen-bond acceptors (Lipinski definition) is 2. The van der Waals surface area contributed by atoms with E-state index in [0.29, 0.717) is 17.3 Å². The molecule has 1 saturated heterocycles. The molecule has 1 aliphatic heterocycles. The monoisotopic (exact) mass is 342 g/mol. The van der Waals surface area contributed by atoms with E-state index in [4.69, 9.17) is 11.6 Å². The summed E-state index contributed by atoms with van der Waals surface area (Å²) in [6, 6.07) is 13.1. The van der Waals surface area contributed by atoms with E-state index in [1.165, 1.54) is 0 Å². The van der Waals surface area contributed by atoms with Crippen molar-refractivity contribution in [3.8, 4) is 0 Å². The minimum absolute atomic E-state index is 0.0210. The SMILES string of the molecule is Cc1ccccc1N1C[C@H](C(=O)Nc2cccc(Cl)c2C)CC1=O. The van der Waals surface area contributed by atoms with Crippen LogP contribution in [0.1, 0.15) is 17.5 Å². The molecule has 1 atom stereocenters. The molecule has 3 rings (SSSR count). The molecule has 1 aliphatic rings. The second-order valence-corrected chi connectivity index (χ2v) is 6.50. The number of nitrogens with zero attached hydrogens (tertiary/aromatic N) is 1. The minimum atomic E-state index is -0.365. The Bertz CT molecular complexity index is 804. The number of carbonyl (C=O) groups excluding carboxylic acids is 2. The third kappa shape index (κ3) is 3.15. The zero-order valence-corrected chi connectivity index (χ0v) is 14.4. The number of carbonyl (C=O) groups is 2. The quantitative estimate of drug-likeness (QED) is 0.918. The van der Waals surface area contributed by atoms with Crippen molar-refractivity contribution >= 4 is 34.8 Å². The standard InChI is InChI=1S/C19H19ClN2O2/c1-12-6-3-4-9-17(12)22-11-14(10-18(22)23)19(24)21-16-8-5-7-15(20)13(16)2/h3-9,14H,10-11H2,1-2H3,(H,21,24)/t14-/m1/s1. The van der Waals surface area contributed by atoms with Crippen LogP contribution in [-0.2, 0) is 9.59 Å². The molecule has 0 spiro atoms. The number of benzene rings is 2. The molecule has 24 heavy (non-hydrogen) atoms. The summed E-state index contributed by atoms with van der Waals surface area (Å²) in [6.45, 7) is 4.22. The molecular weight excluding hydrogens is 324 g/mol. The smallest absolute Gasteiger partial charge is 0.229 e. The van der Waals surface area contributed by atoms with Crippen LogP contribution in [0.15, 0.2) is 42.5 Å². The Hall–Kier alpha value is -2.33. The van der Waals surface area contributed by atoms with Crippen molar-refractivity contribution in [1.29, 1.82) is 0 Å². The second-order valence-electron chi connectivity index (χ2n) is 6.09. The van der Waals surface area contributed by atoms with E-state index in [2.05, 4.69) is 5.32 Å². The molecule has 1 fully saturated rings. The third-order valence-corrected chi connectivity index (χ3v) is 4.84. The van der Waals surface area contributed by atoms with E-state index >= 15 is 0 Å². The molecule has 124 valence electrons. The van der Waals surface area contributed by atoms with Gasteiger partial charge >= 0.3 is 0 Å². The lowest BCUT2D eigenvalue weighted by atomic mass is 10.1. The van der Waals surface area contributed by atoms with E-state index in [-0.39, 0.29) is 24.2 Å². The lowest BCUT2D eigenvalue weighted by Gasteiger charge is -2.19. The highest BCUT2D eigenvalue weighted by atomic mass is 35.5. The van der Waals surface area contributed by atoms with Crippen molar-refractivity contribution in [2.24, 2.45) is 5.92 Å². The van der Waals surface area contributed by atoms with Gasteiger partial charge < -0.3 is 10.2 Å². The molecule has 0 aliphatic carbocycles. The predicted molar refractivity (Wildman–Crippen MR) is 96.5 cm³/mol. The van der Waals surface area contributed by atoms with Gasteiger partial charge in [-0.25, -0.2) is 0 Å². The molecule has 0 unspecified atom stereocenters. The molecule has 0 radical (unpaired) electrons. The van der Waals surface area contributed by atoms with Crippen LogP contribution in [0, 0.1) is 19.8 Å². The van der Waals surface area contributed by atoms with Gasteiger partial charge in [-0.15, -0.1) is 0 Å². The van der Waals surface area contributed by atoms with Crippen molar-refractivity contribution in [2.45, 2.75) is 20.3 Å². The first-order valence-electron chi connectivity index (χ1n) is 7.89. The maximum absolute atomic E-state index is 12.6. The average Bonchev–Trinajstić information content (AvgIpc) is 2.94. The molecule has 2 aromatic carbocycles. The fourth-order valence-corrected chi connectivity index (χ4v) is 3.13. The van der Waals surface area contributed by atoms with Crippen molar-refractivity contribution in [1.82, 2.24) is 0 Å². The van der Waals surface area contributed by atoms with Crippen LogP contribution in [0.4, 0.5) is 11.4 Å². The molecule has 0 bridgehead atoms. The summed E-state index contributed by atoms with van der Waals surface area (Å²) in [5.41, 5.74) is 3.41. The minimum Gasteiger partial charge on any atom is -0.325 e. The molecule has 0 aromatic heterocycles. The Kier molecular flexibility index (Phi) is 4.58. The van der Waals surface area contributed by atoms with Gasteiger partial charge in [0.25, 0.3) is 0 Å². The lowest BCUT2D eigenvalue weighted by molar-refractivity contribution is -0.122. The third-order valence-electron chi connectivity index (χ3n) is 4.43. The summed E-state index contributed by atoms with van der Waals surface area (Å²) >= 11 is 6.09. The number of aryl methyl sites for hydroxylation is 1. The van der Waals surface area contributed by atoms with Crippen LogP contribution < -0.4 is 10.2 Å². The number of para-hydroxylation sites is 1. The number of amides is 2. The predicted octanol–water partition coefficient (Wildman–Crippen LogP) is 3.95. The number of nitrogens with one attached hydrogen (secondary N) is 1. The van der Waals surface area contributed by atoms with E-state index in [9.17, 15) is 9.59 Å². The van der Waals surface area contributed by atoms with Crippen LogP contribution in [0.25, 0.3) is 0 Å². The average molecular weight is 343 g/mol. The van der Waals surface area contributed by atoms with Crippen molar-refractivity contribution in [3.63, 3.8) is 0 Å². The fraction of sp³-hybridized carbons (Fsp3) is 0.263. The highest BCUT2D eigenvalue weighted by molar-refractivity contribution is 6.31. The van der Waals surface area contributed by atoms with Gasteiger partial charge in [0.1, 0.15) is 0 Å². The number of rotatable bonds is 3. The summed E-state index contributed by atoms with van der Waals surface area (Å²) in [6.07, 6.45) is 0.222. The second kappa shape index (κ2) is 6.65. The Balaban J connectivity index is 1.75. The van der Waals surface area contributed by atoms with Crippen molar-refractivity contribution in [2.75, 3.05) is 16.8 Å². The number of halogens is 1. The fourth-order valence-electron chi connectivity index (χ4n) is 2.96. The van der Waals surface area contributed by atoms with Gasteiger partial charge in [-0.3, -0.25) is 9.59 Å². The van der Waals surface area contributed by atoms with Crippen LogP contribution >= 0.6 is 11.6 Å². The maximum atomic E-state index is 12.6. The maximum Gasteiger partial charge on any atom is 0.229 e. The zero-order valence-electron chi connectivity index (χ0n) is 13.7. The van der Waals surface area contributed by atoms with Gasteiger partial charge in [-0.1, -0.05) is 35.9 Å². The first-order chi connectivity index (χ1) is 11.5. The van der Waals surface area contributed by atoms with E-state index < -0.39 is 0 Å². The first-order valence-corrected chi connectivity index (χ1v) is 8.27. The summed E-state index contributed by atoms with van der Waals surface area (Å²) < 4.78 is 0. The summed E-state index contributed by atoms with van der Waals surface area (Å²) in [5.74, 6) is -0.535. The largest absolute Gasteiger partial charge is 0.325 e. The van der Waals surface area contributed by atoms with E-state index in [1.54, 1.807) is 17.0 Å². The summed E-state index contributed by atoms with van der Waals surface area (Å²) in [4.78, 5) is 26.6. The molecule has 2 amide bonds. The lowest BCUT2D eigenvalue weighted by Crippen LogP contribution is -2.28. The zero-order chi connectivity index (χ0) is 17.3. The molecule has 2 aromatic rings. The molecule has 1 heterocycles. The molecule has 1 N–H and O–H groups in total. The van der Waals surface area contributed by atoms with Gasteiger partial charge in [0, 0.05) is 29.4 Å². The molecule has 5 heteroatoms. The molecule has 0 saturated carbocycles. The molecule has 4 nitrogen and oxygen atoms in total. The molecular formula is C19H19ClN2O2. The summed E-state index contributed by atoms with van der Waals surface area (Å²) in [7, 11) is 0. The van der Waals surface area contributed by atoms with Gasteiger partial charge in [-0.2, -0.15) is 0 Å². The van der Waals surface area contributed by atoms with Gasteiger partial charge in [0.15, 0.2) is 0 Å². The van der Waals surface area contributed by atoms with Gasteiger partial charge in [-0.05, 0) is 43.2 Å². The first kappa shape index (κ1) is 16.5. The Labute approximate surface area is 146 Å². The normalized spacial score (nSPS) is 17.2. The number of hydrogen-bond donors (Lipinski definition) is 1. The van der Waals surface area contributed by atoms with Crippen molar-refractivity contribution in [3.05, 3.63) is 58.6 Å². The summed E-state index contributed by atoms with van der Waals surface area (Å²) in [5, 5.41) is 3.51. The van der Waals surface area contributed by atoms with E-state index in [1.807, 2.05) is 44.2 Å². The van der Waals surface area contributed by atoms with E-state index in [0.717, 1.165) is 16.8 Å². The van der Waals surface area contributed by atoms with Crippen LogP contribution in [0.3, 0.4) is 0 Å². The van der Waals surface area contributed by atoms with Crippen molar-refractivity contribution < 1.29 is 9.59 Å². The van der Waals surface area contributed by atoms with Gasteiger partial charge in [0.2, 0.25) is 11.8 Å². The Morgan fingerprint density at radius 3 is 2.67 bits per heavy atom. The Morgan fingerprint density at radius 2 is 1.92 bits per heavy atom. The number of anilines is 2.